The predicted octanol–water partition coefficient (Wildman–Crippen LogP) is 3.73. The molecule has 3 rings (SSSR count). The maximum atomic E-state index is 12.4. The summed E-state index contributed by atoms with van der Waals surface area (Å²) in [5.41, 5.74) is 1.99. The average molecular weight is 383 g/mol. The summed E-state index contributed by atoms with van der Waals surface area (Å²) in [4.78, 5) is 19.0. The second-order valence-corrected chi connectivity index (χ2v) is 7.29. The molecule has 2 heterocycles. The van der Waals surface area contributed by atoms with Crippen molar-refractivity contribution >= 4 is 11.6 Å². The van der Waals surface area contributed by atoms with E-state index in [0.29, 0.717) is 29.5 Å². The molecule has 6 heteroatoms. The summed E-state index contributed by atoms with van der Waals surface area (Å²) in [7, 11) is 3.20. The summed E-state index contributed by atoms with van der Waals surface area (Å²) in [5.74, 6) is 1.91. The number of amides is 1. The van der Waals surface area contributed by atoms with E-state index < -0.39 is 0 Å². The van der Waals surface area contributed by atoms with Crippen LogP contribution in [-0.4, -0.2) is 43.1 Å². The molecule has 0 bridgehead atoms. The minimum atomic E-state index is 0.0292. The molecule has 0 spiro atoms. The van der Waals surface area contributed by atoms with Gasteiger partial charge < -0.3 is 14.8 Å². The number of methoxy groups -OCH3 is 2. The molecule has 0 saturated carbocycles. The van der Waals surface area contributed by atoms with Gasteiger partial charge in [0.2, 0.25) is 5.91 Å². The minimum Gasteiger partial charge on any atom is -0.497 e. The molecule has 1 aliphatic heterocycles. The van der Waals surface area contributed by atoms with Crippen molar-refractivity contribution in [2.24, 2.45) is 5.92 Å². The Labute approximate surface area is 166 Å². The Kier molecular flexibility index (Phi) is 7.25. The van der Waals surface area contributed by atoms with E-state index >= 15 is 0 Å². The quantitative estimate of drug-likeness (QED) is 0.752. The number of benzene rings is 1. The third-order valence-corrected chi connectivity index (χ3v) is 5.17. The summed E-state index contributed by atoms with van der Waals surface area (Å²) < 4.78 is 10.5. The number of nitrogens with one attached hydrogen (secondary N) is 1. The maximum absolute atomic E-state index is 12.4. The fourth-order valence-corrected chi connectivity index (χ4v) is 3.72. The van der Waals surface area contributed by atoms with Gasteiger partial charge in [-0.05, 0) is 49.4 Å². The predicted molar refractivity (Wildman–Crippen MR) is 110 cm³/mol. The first-order valence-corrected chi connectivity index (χ1v) is 9.80. The molecule has 1 saturated heterocycles. The van der Waals surface area contributed by atoms with E-state index in [9.17, 15) is 4.79 Å². The molecule has 1 unspecified atom stereocenters. The van der Waals surface area contributed by atoms with Crippen molar-refractivity contribution in [3.05, 3.63) is 48.3 Å². The second-order valence-electron chi connectivity index (χ2n) is 7.29. The highest BCUT2D eigenvalue weighted by Gasteiger charge is 2.20. The fourth-order valence-electron chi connectivity index (χ4n) is 3.72. The van der Waals surface area contributed by atoms with E-state index in [1.165, 1.54) is 18.4 Å². The molecule has 1 N–H and O–H groups in total. The zero-order valence-corrected chi connectivity index (χ0v) is 16.7. The van der Waals surface area contributed by atoms with E-state index in [0.717, 1.165) is 26.1 Å². The molecule has 0 radical (unpaired) electrons. The lowest BCUT2D eigenvalue weighted by Crippen LogP contribution is -2.35. The Hall–Kier alpha value is -2.60. The SMILES string of the molecule is COc1cc(NC(=O)CCC2CCCN(Cc3ccncc3)C2)cc(OC)c1. The Morgan fingerprint density at radius 1 is 1.18 bits per heavy atom. The summed E-state index contributed by atoms with van der Waals surface area (Å²) in [5, 5.41) is 2.96. The van der Waals surface area contributed by atoms with Gasteiger partial charge in [-0.2, -0.15) is 0 Å². The molecule has 150 valence electrons. The zero-order valence-electron chi connectivity index (χ0n) is 16.7. The molecular formula is C22H29N3O3. The number of carbonyl (C=O) groups is 1. The Balaban J connectivity index is 1.47. The van der Waals surface area contributed by atoms with Crippen LogP contribution in [0.5, 0.6) is 11.5 Å². The zero-order chi connectivity index (χ0) is 19.8. The van der Waals surface area contributed by atoms with E-state index in [1.54, 1.807) is 32.4 Å². The summed E-state index contributed by atoms with van der Waals surface area (Å²) in [6.07, 6.45) is 7.48. The standard InChI is InChI=1S/C22H29N3O3/c1-27-20-12-19(13-21(14-20)28-2)24-22(26)6-5-17-4-3-11-25(15-17)16-18-7-9-23-10-8-18/h7-10,12-14,17H,3-6,11,15-16H2,1-2H3,(H,24,26). The summed E-state index contributed by atoms with van der Waals surface area (Å²) in [6, 6.07) is 9.53. The normalized spacial score (nSPS) is 17.1. The first kappa shape index (κ1) is 20.1. The van der Waals surface area contributed by atoms with Gasteiger partial charge in [-0.1, -0.05) is 0 Å². The van der Waals surface area contributed by atoms with E-state index in [1.807, 2.05) is 12.4 Å². The van der Waals surface area contributed by atoms with Crippen LogP contribution in [0.15, 0.2) is 42.7 Å². The number of piperidine rings is 1. The Morgan fingerprint density at radius 2 is 1.89 bits per heavy atom. The highest BCUT2D eigenvalue weighted by molar-refractivity contribution is 5.91. The maximum Gasteiger partial charge on any atom is 0.224 e. The largest absolute Gasteiger partial charge is 0.497 e. The number of ether oxygens (including phenoxy) is 2. The van der Waals surface area contributed by atoms with Gasteiger partial charge in [-0.3, -0.25) is 14.7 Å². The van der Waals surface area contributed by atoms with Gasteiger partial charge in [0.1, 0.15) is 11.5 Å². The fraction of sp³-hybridized carbons (Fsp3) is 0.455. The lowest BCUT2D eigenvalue weighted by atomic mass is 9.93. The van der Waals surface area contributed by atoms with Gasteiger partial charge in [-0.15, -0.1) is 0 Å². The lowest BCUT2D eigenvalue weighted by molar-refractivity contribution is -0.116. The van der Waals surface area contributed by atoms with Crippen LogP contribution < -0.4 is 14.8 Å². The van der Waals surface area contributed by atoms with Crippen LogP contribution in [0.1, 0.15) is 31.2 Å². The monoisotopic (exact) mass is 383 g/mol. The second kappa shape index (κ2) is 10.1. The average Bonchev–Trinajstić information content (AvgIpc) is 2.73. The molecule has 1 fully saturated rings. The van der Waals surface area contributed by atoms with Crippen molar-refractivity contribution in [1.29, 1.82) is 0 Å². The molecule has 1 aliphatic rings. The number of hydrogen-bond acceptors (Lipinski definition) is 5. The van der Waals surface area contributed by atoms with Gasteiger partial charge in [-0.25, -0.2) is 0 Å². The van der Waals surface area contributed by atoms with Crippen molar-refractivity contribution in [3.63, 3.8) is 0 Å². The van der Waals surface area contributed by atoms with Gasteiger partial charge >= 0.3 is 0 Å². The lowest BCUT2D eigenvalue weighted by Gasteiger charge is -2.32. The first-order valence-electron chi connectivity index (χ1n) is 9.80. The van der Waals surface area contributed by atoms with Gasteiger partial charge in [0.25, 0.3) is 0 Å². The third kappa shape index (κ3) is 5.96. The van der Waals surface area contributed by atoms with Crippen molar-refractivity contribution < 1.29 is 14.3 Å². The minimum absolute atomic E-state index is 0.0292. The number of hydrogen-bond donors (Lipinski definition) is 1. The molecule has 1 aromatic carbocycles. The Bertz CT molecular complexity index is 745. The summed E-state index contributed by atoms with van der Waals surface area (Å²) >= 11 is 0. The number of likely N-dealkylation sites (tertiary alicyclic amines) is 1. The number of rotatable bonds is 8. The van der Waals surface area contributed by atoms with E-state index in [4.69, 9.17) is 9.47 Å². The van der Waals surface area contributed by atoms with Gasteiger partial charge in [0.15, 0.2) is 0 Å². The van der Waals surface area contributed by atoms with Crippen LogP contribution in [0.3, 0.4) is 0 Å². The number of anilines is 1. The molecule has 2 aromatic rings. The summed E-state index contributed by atoms with van der Waals surface area (Å²) in [6.45, 7) is 3.12. The Morgan fingerprint density at radius 3 is 2.57 bits per heavy atom. The first-order chi connectivity index (χ1) is 13.7. The highest BCUT2D eigenvalue weighted by atomic mass is 16.5. The van der Waals surface area contributed by atoms with Crippen LogP contribution in [0.2, 0.25) is 0 Å². The van der Waals surface area contributed by atoms with Crippen molar-refractivity contribution in [3.8, 4) is 11.5 Å². The number of pyridine rings is 1. The number of aromatic nitrogens is 1. The smallest absolute Gasteiger partial charge is 0.224 e. The molecule has 1 aromatic heterocycles. The van der Waals surface area contributed by atoms with Crippen molar-refractivity contribution in [2.45, 2.75) is 32.2 Å². The molecule has 0 aliphatic carbocycles. The van der Waals surface area contributed by atoms with E-state index in [-0.39, 0.29) is 5.91 Å². The third-order valence-electron chi connectivity index (χ3n) is 5.17. The number of nitrogens with zero attached hydrogens (tertiary/aromatic N) is 2. The number of carbonyl (C=O) groups excluding carboxylic acids is 1. The molecular weight excluding hydrogens is 354 g/mol. The van der Waals surface area contributed by atoms with Crippen LogP contribution in [0.25, 0.3) is 0 Å². The van der Waals surface area contributed by atoms with Gasteiger partial charge in [0, 0.05) is 55.8 Å². The molecule has 1 amide bonds. The van der Waals surface area contributed by atoms with Crippen LogP contribution in [0, 0.1) is 5.92 Å². The molecule has 6 nitrogen and oxygen atoms in total. The van der Waals surface area contributed by atoms with Gasteiger partial charge in [0.05, 0.1) is 14.2 Å². The van der Waals surface area contributed by atoms with Crippen molar-refractivity contribution in [1.82, 2.24) is 9.88 Å². The van der Waals surface area contributed by atoms with Crippen LogP contribution in [-0.2, 0) is 11.3 Å². The van der Waals surface area contributed by atoms with Crippen molar-refractivity contribution in [2.75, 3.05) is 32.6 Å². The molecule has 1 atom stereocenters. The van der Waals surface area contributed by atoms with Crippen LogP contribution in [0.4, 0.5) is 5.69 Å². The topological polar surface area (TPSA) is 63.7 Å². The van der Waals surface area contributed by atoms with E-state index in [2.05, 4.69) is 27.3 Å². The highest BCUT2D eigenvalue weighted by Crippen LogP contribution is 2.27. The molecule has 28 heavy (non-hydrogen) atoms. The van der Waals surface area contributed by atoms with Crippen LogP contribution >= 0.6 is 0 Å².